The molecule has 0 aliphatic heterocycles. The molecular weight excluding hydrogens is 507 g/mol. The highest BCUT2D eigenvalue weighted by molar-refractivity contribution is 7.92. The monoisotopic (exact) mass is 528 g/mol. The summed E-state index contributed by atoms with van der Waals surface area (Å²) in [6.45, 7) is 1.83. The SMILES string of the molecule is CCOC(=O)/C=C(/c1cc(Cl)ccc1NS(=O)(=O)c1ccccc1)P(OC)c1cccc(C#N)c1. The lowest BCUT2D eigenvalue weighted by Gasteiger charge is -2.22. The Balaban J connectivity index is 2.19. The molecule has 0 aliphatic rings. The maximum atomic E-state index is 13.1. The van der Waals surface area contributed by atoms with Gasteiger partial charge in [-0.15, -0.1) is 0 Å². The van der Waals surface area contributed by atoms with Crippen molar-refractivity contribution in [1.29, 1.82) is 5.26 Å². The highest BCUT2D eigenvalue weighted by atomic mass is 35.5. The predicted molar refractivity (Wildman–Crippen MR) is 138 cm³/mol. The third kappa shape index (κ3) is 6.68. The summed E-state index contributed by atoms with van der Waals surface area (Å²) < 4.78 is 39.6. The van der Waals surface area contributed by atoms with E-state index in [9.17, 15) is 18.5 Å². The standard InChI is InChI=1S/C25H22ClN2O5PS/c1-3-33-25(29)16-24(34(32-2)20-9-7-8-18(14-20)17-27)22-15-19(26)12-13-23(22)28-35(30,31)21-10-5-4-6-11-21/h4-16,28H,3H2,1-2H3/b24-16-. The van der Waals surface area contributed by atoms with Gasteiger partial charge in [0.05, 0.1) is 37.0 Å². The minimum absolute atomic E-state index is 0.0764. The number of carbonyl (C=O) groups excluding carboxylic acids is 1. The molecule has 1 atom stereocenters. The van der Waals surface area contributed by atoms with Gasteiger partial charge in [-0.25, -0.2) is 13.2 Å². The molecule has 0 fully saturated rings. The lowest BCUT2D eigenvalue weighted by atomic mass is 10.1. The minimum atomic E-state index is -3.94. The van der Waals surface area contributed by atoms with E-state index in [1.54, 1.807) is 61.5 Å². The topological polar surface area (TPSA) is 105 Å². The van der Waals surface area contributed by atoms with Crippen molar-refractivity contribution < 1.29 is 22.5 Å². The lowest BCUT2D eigenvalue weighted by Crippen LogP contribution is -2.15. The Hall–Kier alpha value is -3.21. The van der Waals surface area contributed by atoms with Crippen LogP contribution in [-0.2, 0) is 24.1 Å². The molecule has 3 aromatic rings. The number of esters is 1. The van der Waals surface area contributed by atoms with Crippen molar-refractivity contribution in [2.24, 2.45) is 0 Å². The Morgan fingerprint density at radius 2 is 1.86 bits per heavy atom. The summed E-state index contributed by atoms with van der Waals surface area (Å²) >= 11 is 6.29. The highest BCUT2D eigenvalue weighted by Gasteiger charge is 2.25. The van der Waals surface area contributed by atoms with E-state index in [4.69, 9.17) is 20.9 Å². The maximum Gasteiger partial charge on any atom is 0.331 e. The normalized spacial score (nSPS) is 12.5. The van der Waals surface area contributed by atoms with Crippen molar-refractivity contribution in [3.8, 4) is 6.07 Å². The Morgan fingerprint density at radius 1 is 1.11 bits per heavy atom. The van der Waals surface area contributed by atoms with Crippen molar-refractivity contribution in [2.45, 2.75) is 11.8 Å². The average molecular weight is 529 g/mol. The van der Waals surface area contributed by atoms with E-state index in [1.165, 1.54) is 31.4 Å². The van der Waals surface area contributed by atoms with Crippen LogP contribution in [0, 0.1) is 11.3 Å². The van der Waals surface area contributed by atoms with Gasteiger partial charge in [-0.3, -0.25) is 4.72 Å². The van der Waals surface area contributed by atoms with Gasteiger partial charge in [0.1, 0.15) is 0 Å². The number of carbonyl (C=O) groups is 1. The number of anilines is 1. The van der Waals surface area contributed by atoms with Crippen molar-refractivity contribution >= 4 is 52.0 Å². The second-order valence-corrected chi connectivity index (χ2v) is 11.1. The van der Waals surface area contributed by atoms with Crippen LogP contribution in [-0.4, -0.2) is 28.1 Å². The van der Waals surface area contributed by atoms with E-state index >= 15 is 0 Å². The van der Waals surface area contributed by atoms with Gasteiger partial charge in [-0.05, 0) is 49.4 Å². The summed E-state index contributed by atoms with van der Waals surface area (Å²) in [7, 11) is -4.13. The van der Waals surface area contributed by atoms with Gasteiger partial charge in [0, 0.05) is 34.4 Å². The smallest absolute Gasteiger partial charge is 0.331 e. The van der Waals surface area contributed by atoms with Gasteiger partial charge in [-0.2, -0.15) is 5.26 Å². The zero-order chi connectivity index (χ0) is 25.4. The number of halogens is 1. The molecule has 1 N–H and O–H groups in total. The van der Waals surface area contributed by atoms with Gasteiger partial charge < -0.3 is 9.26 Å². The molecule has 10 heteroatoms. The Bertz CT molecular complexity index is 1390. The quantitative estimate of drug-likeness (QED) is 0.230. The molecule has 0 amide bonds. The first-order valence-electron chi connectivity index (χ1n) is 10.4. The van der Waals surface area contributed by atoms with E-state index in [-0.39, 0.29) is 17.2 Å². The molecule has 7 nitrogen and oxygen atoms in total. The van der Waals surface area contributed by atoms with Crippen LogP contribution in [0.25, 0.3) is 5.31 Å². The van der Waals surface area contributed by atoms with Crippen LogP contribution in [0.1, 0.15) is 18.1 Å². The third-order valence-corrected chi connectivity index (χ3v) is 8.24. The van der Waals surface area contributed by atoms with Gasteiger partial charge in [0.25, 0.3) is 10.0 Å². The van der Waals surface area contributed by atoms with E-state index in [2.05, 4.69) is 10.8 Å². The Labute approximate surface area is 210 Å². The molecule has 0 saturated heterocycles. The van der Waals surface area contributed by atoms with E-state index in [0.717, 1.165) is 0 Å². The molecule has 35 heavy (non-hydrogen) atoms. The Morgan fingerprint density at radius 3 is 2.51 bits per heavy atom. The van der Waals surface area contributed by atoms with E-state index in [1.807, 2.05) is 0 Å². The summed E-state index contributed by atoms with van der Waals surface area (Å²) in [6.07, 6.45) is 1.27. The first-order chi connectivity index (χ1) is 16.8. The van der Waals surface area contributed by atoms with Gasteiger partial charge in [0.15, 0.2) is 0 Å². The van der Waals surface area contributed by atoms with Crippen molar-refractivity contribution in [2.75, 3.05) is 18.4 Å². The molecule has 0 aliphatic carbocycles. The summed E-state index contributed by atoms with van der Waals surface area (Å²) in [5.74, 6) is -0.625. The van der Waals surface area contributed by atoms with Crippen molar-refractivity contribution in [3.63, 3.8) is 0 Å². The number of sulfonamides is 1. The number of nitrogens with one attached hydrogen (secondary N) is 1. The predicted octanol–water partition coefficient (Wildman–Crippen LogP) is 5.29. The number of rotatable bonds is 9. The van der Waals surface area contributed by atoms with Crippen LogP contribution in [0.4, 0.5) is 5.69 Å². The fourth-order valence-electron chi connectivity index (χ4n) is 3.21. The minimum Gasteiger partial charge on any atom is -0.463 e. The fourth-order valence-corrected chi connectivity index (χ4v) is 6.27. The summed E-state index contributed by atoms with van der Waals surface area (Å²) in [6, 6.07) is 21.4. The number of nitriles is 1. The van der Waals surface area contributed by atoms with E-state index in [0.29, 0.717) is 26.8 Å². The molecule has 3 aromatic carbocycles. The Kier molecular flexibility index (Phi) is 9.02. The highest BCUT2D eigenvalue weighted by Crippen LogP contribution is 2.52. The number of benzene rings is 3. The van der Waals surface area contributed by atoms with Crippen LogP contribution in [0.5, 0.6) is 0 Å². The number of hydrogen-bond donors (Lipinski definition) is 1. The van der Waals surface area contributed by atoms with Crippen molar-refractivity contribution in [3.05, 3.63) is 95.0 Å². The molecule has 0 spiro atoms. The van der Waals surface area contributed by atoms with Crippen LogP contribution < -0.4 is 10.0 Å². The van der Waals surface area contributed by atoms with Gasteiger partial charge >= 0.3 is 5.97 Å². The zero-order valence-electron chi connectivity index (χ0n) is 18.9. The molecule has 3 rings (SSSR count). The molecule has 0 radical (unpaired) electrons. The molecule has 1 unspecified atom stereocenters. The number of hydrogen-bond acceptors (Lipinski definition) is 6. The van der Waals surface area contributed by atoms with Gasteiger partial charge in [0.2, 0.25) is 0 Å². The largest absolute Gasteiger partial charge is 0.463 e. The van der Waals surface area contributed by atoms with Crippen molar-refractivity contribution in [1.82, 2.24) is 0 Å². The first kappa shape index (κ1) is 26.4. The first-order valence-corrected chi connectivity index (χ1v) is 13.5. The third-order valence-electron chi connectivity index (χ3n) is 4.71. The van der Waals surface area contributed by atoms with Crippen LogP contribution >= 0.6 is 19.7 Å². The molecule has 0 saturated carbocycles. The summed E-state index contributed by atoms with van der Waals surface area (Å²) in [5.41, 5.74) is 0.966. The molecule has 0 heterocycles. The fraction of sp³-hybridized carbons (Fsp3) is 0.120. The van der Waals surface area contributed by atoms with Crippen LogP contribution in [0.3, 0.4) is 0 Å². The van der Waals surface area contributed by atoms with Crippen LogP contribution in [0.15, 0.2) is 83.8 Å². The number of ether oxygens (including phenoxy) is 1. The second-order valence-electron chi connectivity index (χ2n) is 7.03. The van der Waals surface area contributed by atoms with Crippen LogP contribution in [0.2, 0.25) is 5.02 Å². The second kappa shape index (κ2) is 12.0. The molecular formula is C25H22ClN2O5PS. The van der Waals surface area contributed by atoms with Gasteiger partial charge in [-0.1, -0.05) is 41.9 Å². The zero-order valence-corrected chi connectivity index (χ0v) is 21.4. The average Bonchev–Trinajstić information content (AvgIpc) is 2.86. The molecule has 180 valence electrons. The maximum absolute atomic E-state index is 13.1. The van der Waals surface area contributed by atoms with E-state index < -0.39 is 24.1 Å². The summed E-state index contributed by atoms with van der Waals surface area (Å²) in [4.78, 5) is 12.6. The number of nitrogens with zero attached hydrogens (tertiary/aromatic N) is 1. The molecule has 0 aromatic heterocycles. The lowest BCUT2D eigenvalue weighted by molar-refractivity contribution is -0.137. The molecule has 0 bridgehead atoms. The summed E-state index contributed by atoms with van der Waals surface area (Å²) in [5, 5.41) is 10.7.